The Morgan fingerprint density at radius 1 is 1.44 bits per heavy atom. The molecular formula is C13H19ClN2. The Kier molecular flexibility index (Phi) is 3.53. The summed E-state index contributed by atoms with van der Waals surface area (Å²) >= 11 is 6.16. The van der Waals surface area contributed by atoms with Gasteiger partial charge in [-0.15, -0.1) is 0 Å². The van der Waals surface area contributed by atoms with Crippen molar-refractivity contribution in [3.05, 3.63) is 34.9 Å². The van der Waals surface area contributed by atoms with Crippen molar-refractivity contribution in [2.75, 3.05) is 19.6 Å². The Balaban J connectivity index is 2.00. The second-order valence-electron chi connectivity index (χ2n) is 5.07. The standard InChI is InChI=1S/C13H19ClN2/c1-13(9-15)6-7-16(10-13)8-11-4-2-3-5-12(11)14/h2-5H,6-10,15H2,1H3. The number of nitrogens with two attached hydrogens (primary N) is 1. The van der Waals surface area contributed by atoms with Crippen LogP contribution in [0, 0.1) is 5.41 Å². The lowest BCUT2D eigenvalue weighted by molar-refractivity contribution is 0.274. The molecule has 1 aromatic carbocycles. The molecule has 0 radical (unpaired) electrons. The Morgan fingerprint density at radius 3 is 2.81 bits per heavy atom. The van der Waals surface area contributed by atoms with Crippen molar-refractivity contribution >= 4 is 11.6 Å². The van der Waals surface area contributed by atoms with E-state index in [9.17, 15) is 0 Å². The summed E-state index contributed by atoms with van der Waals surface area (Å²) in [6.45, 7) is 6.18. The monoisotopic (exact) mass is 238 g/mol. The second-order valence-corrected chi connectivity index (χ2v) is 5.47. The largest absolute Gasteiger partial charge is 0.330 e. The molecule has 0 amide bonds. The molecule has 1 fully saturated rings. The van der Waals surface area contributed by atoms with E-state index in [2.05, 4.69) is 17.9 Å². The van der Waals surface area contributed by atoms with Crippen LogP contribution in [0.3, 0.4) is 0 Å². The molecule has 1 aliphatic rings. The lowest BCUT2D eigenvalue weighted by Crippen LogP contribution is -2.31. The molecule has 2 N–H and O–H groups in total. The van der Waals surface area contributed by atoms with Crippen molar-refractivity contribution in [1.82, 2.24) is 4.90 Å². The van der Waals surface area contributed by atoms with Crippen LogP contribution >= 0.6 is 11.6 Å². The molecule has 0 bridgehead atoms. The molecule has 1 unspecified atom stereocenters. The average molecular weight is 239 g/mol. The highest BCUT2D eigenvalue weighted by atomic mass is 35.5. The zero-order chi connectivity index (χ0) is 11.6. The minimum absolute atomic E-state index is 0.293. The van der Waals surface area contributed by atoms with Gasteiger partial charge in [0, 0.05) is 18.1 Å². The van der Waals surface area contributed by atoms with Gasteiger partial charge in [-0.05, 0) is 36.6 Å². The van der Waals surface area contributed by atoms with Gasteiger partial charge in [-0.2, -0.15) is 0 Å². The van der Waals surface area contributed by atoms with Crippen LogP contribution in [0.15, 0.2) is 24.3 Å². The summed E-state index contributed by atoms with van der Waals surface area (Å²) in [5, 5.41) is 0.865. The van der Waals surface area contributed by atoms with Crippen LogP contribution in [-0.2, 0) is 6.54 Å². The van der Waals surface area contributed by atoms with Gasteiger partial charge in [-0.1, -0.05) is 36.7 Å². The first-order valence-corrected chi connectivity index (χ1v) is 6.17. The molecular weight excluding hydrogens is 220 g/mol. The first-order valence-electron chi connectivity index (χ1n) is 5.79. The zero-order valence-electron chi connectivity index (χ0n) is 9.75. The number of likely N-dealkylation sites (tertiary alicyclic amines) is 1. The molecule has 0 spiro atoms. The fourth-order valence-electron chi connectivity index (χ4n) is 2.30. The molecule has 0 aliphatic carbocycles. The van der Waals surface area contributed by atoms with E-state index in [1.54, 1.807) is 0 Å². The van der Waals surface area contributed by atoms with E-state index in [1.807, 2.05) is 18.2 Å². The van der Waals surface area contributed by atoms with Crippen LogP contribution in [0.25, 0.3) is 0 Å². The maximum Gasteiger partial charge on any atom is 0.0451 e. The van der Waals surface area contributed by atoms with Gasteiger partial charge in [0.25, 0.3) is 0 Å². The predicted molar refractivity (Wildman–Crippen MR) is 68.5 cm³/mol. The molecule has 0 aromatic heterocycles. The normalized spacial score (nSPS) is 26.2. The number of hydrogen-bond acceptors (Lipinski definition) is 2. The van der Waals surface area contributed by atoms with Crippen molar-refractivity contribution < 1.29 is 0 Å². The van der Waals surface area contributed by atoms with E-state index in [1.165, 1.54) is 12.0 Å². The summed E-state index contributed by atoms with van der Waals surface area (Å²) < 4.78 is 0. The summed E-state index contributed by atoms with van der Waals surface area (Å²) in [4.78, 5) is 2.44. The number of benzene rings is 1. The van der Waals surface area contributed by atoms with E-state index in [0.717, 1.165) is 31.2 Å². The molecule has 1 saturated heterocycles. The lowest BCUT2D eigenvalue weighted by Gasteiger charge is -2.22. The fraction of sp³-hybridized carbons (Fsp3) is 0.538. The van der Waals surface area contributed by atoms with E-state index >= 15 is 0 Å². The van der Waals surface area contributed by atoms with Gasteiger partial charge in [-0.25, -0.2) is 0 Å². The molecule has 1 aliphatic heterocycles. The molecule has 1 atom stereocenters. The molecule has 2 nitrogen and oxygen atoms in total. The molecule has 88 valence electrons. The zero-order valence-corrected chi connectivity index (χ0v) is 10.5. The van der Waals surface area contributed by atoms with Gasteiger partial charge in [0.2, 0.25) is 0 Å². The average Bonchev–Trinajstić information content (AvgIpc) is 2.65. The molecule has 16 heavy (non-hydrogen) atoms. The SMILES string of the molecule is CC1(CN)CCN(Cc2ccccc2Cl)C1. The Hall–Kier alpha value is -0.570. The molecule has 3 heteroatoms. The summed E-state index contributed by atoms with van der Waals surface area (Å²) in [6.07, 6.45) is 1.19. The van der Waals surface area contributed by atoms with Gasteiger partial charge < -0.3 is 5.73 Å². The summed E-state index contributed by atoms with van der Waals surface area (Å²) in [7, 11) is 0. The van der Waals surface area contributed by atoms with E-state index < -0.39 is 0 Å². The predicted octanol–water partition coefficient (Wildman–Crippen LogP) is 2.51. The summed E-state index contributed by atoms with van der Waals surface area (Å²) in [5.41, 5.74) is 7.31. The van der Waals surface area contributed by atoms with E-state index in [0.29, 0.717) is 5.41 Å². The summed E-state index contributed by atoms with van der Waals surface area (Å²) in [6, 6.07) is 8.06. The number of nitrogens with zero attached hydrogens (tertiary/aromatic N) is 1. The van der Waals surface area contributed by atoms with Crippen LogP contribution in [0.4, 0.5) is 0 Å². The van der Waals surface area contributed by atoms with Crippen LogP contribution in [-0.4, -0.2) is 24.5 Å². The van der Waals surface area contributed by atoms with Gasteiger partial charge in [0.15, 0.2) is 0 Å². The number of halogens is 1. The number of hydrogen-bond donors (Lipinski definition) is 1. The maximum absolute atomic E-state index is 6.16. The number of rotatable bonds is 3. The van der Waals surface area contributed by atoms with Gasteiger partial charge >= 0.3 is 0 Å². The van der Waals surface area contributed by atoms with Gasteiger partial charge in [0.1, 0.15) is 0 Å². The van der Waals surface area contributed by atoms with Gasteiger partial charge in [-0.3, -0.25) is 4.90 Å². The van der Waals surface area contributed by atoms with Crippen LogP contribution < -0.4 is 5.73 Å². The highest BCUT2D eigenvalue weighted by Crippen LogP contribution is 2.30. The minimum Gasteiger partial charge on any atom is -0.330 e. The molecule has 1 heterocycles. The second kappa shape index (κ2) is 4.74. The molecule has 0 saturated carbocycles. The Morgan fingerprint density at radius 2 is 2.19 bits per heavy atom. The van der Waals surface area contributed by atoms with Crippen LogP contribution in [0.1, 0.15) is 18.9 Å². The smallest absolute Gasteiger partial charge is 0.0451 e. The van der Waals surface area contributed by atoms with Crippen molar-refractivity contribution in [2.24, 2.45) is 11.1 Å². The highest BCUT2D eigenvalue weighted by Gasteiger charge is 2.32. The van der Waals surface area contributed by atoms with Crippen molar-refractivity contribution in [3.8, 4) is 0 Å². The third kappa shape index (κ3) is 2.57. The fourth-order valence-corrected chi connectivity index (χ4v) is 2.49. The minimum atomic E-state index is 0.293. The Bertz CT molecular complexity index is 367. The van der Waals surface area contributed by atoms with Crippen molar-refractivity contribution in [2.45, 2.75) is 19.9 Å². The third-order valence-electron chi connectivity index (χ3n) is 3.48. The molecule has 2 rings (SSSR count). The Labute approximate surface area is 102 Å². The summed E-state index contributed by atoms with van der Waals surface area (Å²) in [5.74, 6) is 0. The van der Waals surface area contributed by atoms with Crippen molar-refractivity contribution in [1.29, 1.82) is 0 Å². The van der Waals surface area contributed by atoms with Gasteiger partial charge in [0.05, 0.1) is 0 Å². The topological polar surface area (TPSA) is 29.3 Å². The van der Waals surface area contributed by atoms with Crippen molar-refractivity contribution in [3.63, 3.8) is 0 Å². The van der Waals surface area contributed by atoms with E-state index in [4.69, 9.17) is 17.3 Å². The lowest BCUT2D eigenvalue weighted by atomic mass is 9.90. The molecule has 1 aromatic rings. The maximum atomic E-state index is 6.16. The van der Waals surface area contributed by atoms with E-state index in [-0.39, 0.29) is 0 Å². The van der Waals surface area contributed by atoms with Crippen LogP contribution in [0.5, 0.6) is 0 Å². The first-order chi connectivity index (χ1) is 7.63. The van der Waals surface area contributed by atoms with Crippen LogP contribution in [0.2, 0.25) is 5.02 Å². The quantitative estimate of drug-likeness (QED) is 0.877. The third-order valence-corrected chi connectivity index (χ3v) is 3.85. The first kappa shape index (κ1) is 11.9. The highest BCUT2D eigenvalue weighted by molar-refractivity contribution is 6.31.